The van der Waals surface area contributed by atoms with Crippen molar-refractivity contribution in [2.24, 2.45) is 0 Å². The van der Waals surface area contributed by atoms with Gasteiger partial charge in [-0.05, 0) is 34.4 Å². The number of rotatable bonds is 4. The van der Waals surface area contributed by atoms with Crippen molar-refractivity contribution in [3.8, 4) is 11.1 Å². The van der Waals surface area contributed by atoms with E-state index in [1.54, 1.807) is 24.3 Å². The number of nitrogens with one attached hydrogen (secondary N) is 1. The molecule has 0 saturated heterocycles. The second-order valence-electron chi connectivity index (χ2n) is 6.44. The van der Waals surface area contributed by atoms with E-state index in [9.17, 15) is 9.90 Å². The Morgan fingerprint density at radius 2 is 1.48 bits per heavy atom. The highest BCUT2D eigenvalue weighted by Gasteiger charge is 2.29. The van der Waals surface area contributed by atoms with E-state index in [1.807, 2.05) is 24.3 Å². The Balaban J connectivity index is 1.51. The zero-order valence-electron chi connectivity index (χ0n) is 14.7. The van der Waals surface area contributed by atoms with E-state index in [-0.39, 0.29) is 18.3 Å². The van der Waals surface area contributed by atoms with Crippen LogP contribution in [0.15, 0.2) is 79.4 Å². The first-order valence-electron chi connectivity index (χ1n) is 8.74. The highest BCUT2D eigenvalue weighted by molar-refractivity contribution is 5.89. The van der Waals surface area contributed by atoms with Crippen LogP contribution in [-0.2, 0) is 4.74 Å². The number of aliphatic hydroxyl groups excluding tert-OH is 1. The molecule has 134 valence electrons. The Hall–Kier alpha value is -3.53. The van der Waals surface area contributed by atoms with Gasteiger partial charge in [0, 0.05) is 11.5 Å². The van der Waals surface area contributed by atoms with Crippen molar-refractivity contribution in [1.82, 2.24) is 0 Å². The summed E-state index contributed by atoms with van der Waals surface area (Å²) in [6.07, 6.45) is -0.564. The van der Waals surface area contributed by atoms with Crippen LogP contribution < -0.4 is 5.32 Å². The summed E-state index contributed by atoms with van der Waals surface area (Å²) in [4.78, 5) is 12.3. The molecule has 0 bridgehead atoms. The molecule has 0 fully saturated rings. The van der Waals surface area contributed by atoms with Gasteiger partial charge in [0.15, 0.2) is 0 Å². The minimum absolute atomic E-state index is 0.00574. The second-order valence-corrected chi connectivity index (χ2v) is 6.44. The number of ether oxygens (including phenoxy) is 1. The number of hydrogen-bond donors (Lipinski definition) is 2. The Morgan fingerprint density at radius 3 is 2.11 bits per heavy atom. The van der Waals surface area contributed by atoms with Crippen molar-refractivity contribution in [2.75, 3.05) is 11.9 Å². The van der Waals surface area contributed by atoms with E-state index >= 15 is 0 Å². The normalized spacial score (nSPS) is 12.1. The van der Waals surface area contributed by atoms with Gasteiger partial charge in [0.2, 0.25) is 0 Å². The molecule has 0 unspecified atom stereocenters. The molecule has 4 heteroatoms. The fourth-order valence-electron chi connectivity index (χ4n) is 3.59. The highest BCUT2D eigenvalue weighted by atomic mass is 16.5. The summed E-state index contributed by atoms with van der Waals surface area (Å²) in [5.74, 6) is -0.101. The molecule has 1 aliphatic rings. The van der Waals surface area contributed by atoms with Crippen LogP contribution >= 0.6 is 0 Å². The van der Waals surface area contributed by atoms with Crippen LogP contribution in [0.2, 0.25) is 0 Å². The lowest BCUT2D eigenvalue weighted by Gasteiger charge is -2.15. The summed E-state index contributed by atoms with van der Waals surface area (Å²) in [5.41, 5.74) is 5.62. The summed E-state index contributed by atoms with van der Waals surface area (Å²) in [5, 5.41) is 12.3. The zero-order valence-corrected chi connectivity index (χ0v) is 14.7. The van der Waals surface area contributed by atoms with Crippen LogP contribution in [0.3, 0.4) is 0 Å². The van der Waals surface area contributed by atoms with Gasteiger partial charge < -0.3 is 9.84 Å². The third-order valence-corrected chi connectivity index (χ3v) is 4.82. The van der Waals surface area contributed by atoms with Gasteiger partial charge in [0.25, 0.3) is 0 Å². The first-order valence-corrected chi connectivity index (χ1v) is 8.74. The Labute approximate surface area is 157 Å². The van der Waals surface area contributed by atoms with Crippen LogP contribution in [0.4, 0.5) is 10.5 Å². The van der Waals surface area contributed by atoms with Crippen molar-refractivity contribution in [3.63, 3.8) is 0 Å². The number of anilines is 1. The van der Waals surface area contributed by atoms with Crippen LogP contribution in [0.5, 0.6) is 0 Å². The Bertz CT molecular complexity index is 980. The van der Waals surface area contributed by atoms with Crippen molar-refractivity contribution in [3.05, 3.63) is 96.1 Å². The minimum atomic E-state index is -0.564. The van der Waals surface area contributed by atoms with Crippen LogP contribution in [-0.4, -0.2) is 17.8 Å². The molecule has 1 amide bonds. The average Bonchev–Trinajstić information content (AvgIpc) is 3.00. The molecular formula is C23H19NO3. The minimum Gasteiger partial charge on any atom is -0.508 e. The van der Waals surface area contributed by atoms with E-state index in [1.165, 1.54) is 11.1 Å². The van der Waals surface area contributed by atoms with Crippen LogP contribution in [0.1, 0.15) is 22.6 Å². The van der Waals surface area contributed by atoms with Gasteiger partial charge in [-0.25, -0.2) is 4.79 Å². The molecule has 4 rings (SSSR count). The maximum absolute atomic E-state index is 12.3. The fraction of sp³-hybridized carbons (Fsp3) is 0.0870. The SMILES string of the molecule is C=C(O)c1ccccc1NC(=O)OCC1c2ccccc2-c2ccccc21. The number of hydrogen-bond acceptors (Lipinski definition) is 3. The molecule has 0 aliphatic heterocycles. The zero-order chi connectivity index (χ0) is 18.8. The molecule has 1 aliphatic carbocycles. The lowest BCUT2D eigenvalue weighted by Crippen LogP contribution is -2.18. The summed E-state index contributed by atoms with van der Waals surface area (Å²) < 4.78 is 5.52. The molecule has 0 spiro atoms. The van der Waals surface area contributed by atoms with Gasteiger partial charge in [-0.3, -0.25) is 5.32 Å². The predicted octanol–water partition coefficient (Wildman–Crippen LogP) is 5.58. The van der Waals surface area contributed by atoms with Crippen molar-refractivity contribution >= 4 is 17.5 Å². The van der Waals surface area contributed by atoms with E-state index in [4.69, 9.17) is 4.74 Å². The maximum atomic E-state index is 12.3. The standard InChI is InChI=1S/C23H19NO3/c1-15(25)16-8-6-7-13-22(16)24-23(26)27-14-21-19-11-4-2-9-17(19)18-10-3-5-12-20(18)21/h2-13,21,25H,1,14H2,(H,24,26). The smallest absolute Gasteiger partial charge is 0.411 e. The Morgan fingerprint density at radius 1 is 0.926 bits per heavy atom. The van der Waals surface area contributed by atoms with Crippen molar-refractivity contribution < 1.29 is 14.6 Å². The highest BCUT2D eigenvalue weighted by Crippen LogP contribution is 2.44. The van der Waals surface area contributed by atoms with Crippen LogP contribution in [0, 0.1) is 0 Å². The fourth-order valence-corrected chi connectivity index (χ4v) is 3.59. The third kappa shape index (κ3) is 3.17. The van der Waals surface area contributed by atoms with Gasteiger partial charge in [0.05, 0.1) is 5.69 Å². The summed E-state index contributed by atoms with van der Waals surface area (Å²) in [7, 11) is 0. The lowest BCUT2D eigenvalue weighted by molar-refractivity contribution is 0.158. The largest absolute Gasteiger partial charge is 0.508 e. The molecule has 0 aromatic heterocycles. The number of amides is 1. The van der Waals surface area contributed by atoms with E-state index in [2.05, 4.69) is 36.2 Å². The molecule has 0 atom stereocenters. The topological polar surface area (TPSA) is 58.6 Å². The van der Waals surface area contributed by atoms with Gasteiger partial charge >= 0.3 is 6.09 Å². The number of benzene rings is 3. The molecule has 0 saturated carbocycles. The molecular weight excluding hydrogens is 338 g/mol. The second kappa shape index (κ2) is 7.00. The number of fused-ring (bicyclic) bond motifs is 3. The predicted molar refractivity (Wildman–Crippen MR) is 107 cm³/mol. The van der Waals surface area contributed by atoms with Gasteiger partial charge in [-0.15, -0.1) is 0 Å². The quantitative estimate of drug-likeness (QED) is 0.600. The lowest BCUT2D eigenvalue weighted by atomic mass is 9.98. The summed E-state index contributed by atoms with van der Waals surface area (Å²) in [6, 6.07) is 23.3. The number of para-hydroxylation sites is 1. The first kappa shape index (κ1) is 16.9. The van der Waals surface area contributed by atoms with Gasteiger partial charge in [0.1, 0.15) is 12.4 Å². The van der Waals surface area contributed by atoms with Crippen LogP contribution in [0.25, 0.3) is 16.9 Å². The third-order valence-electron chi connectivity index (χ3n) is 4.82. The van der Waals surface area contributed by atoms with Gasteiger partial charge in [-0.2, -0.15) is 0 Å². The van der Waals surface area contributed by atoms with Crippen molar-refractivity contribution in [2.45, 2.75) is 5.92 Å². The number of aliphatic hydroxyl groups is 1. The average molecular weight is 357 g/mol. The maximum Gasteiger partial charge on any atom is 0.411 e. The molecule has 2 N–H and O–H groups in total. The molecule has 3 aromatic carbocycles. The summed E-state index contributed by atoms with van der Waals surface area (Å²) >= 11 is 0. The molecule has 4 nitrogen and oxygen atoms in total. The molecule has 0 heterocycles. The molecule has 3 aromatic rings. The van der Waals surface area contributed by atoms with Crippen molar-refractivity contribution in [1.29, 1.82) is 0 Å². The van der Waals surface area contributed by atoms with E-state index in [0.29, 0.717) is 11.3 Å². The van der Waals surface area contributed by atoms with Gasteiger partial charge in [-0.1, -0.05) is 67.2 Å². The number of carbonyl (C=O) groups excluding carboxylic acids is 1. The monoisotopic (exact) mass is 357 g/mol. The van der Waals surface area contributed by atoms with E-state index < -0.39 is 6.09 Å². The van der Waals surface area contributed by atoms with E-state index in [0.717, 1.165) is 11.1 Å². The Kier molecular flexibility index (Phi) is 4.38. The number of carbonyl (C=O) groups is 1. The first-order chi connectivity index (χ1) is 13.1. The summed E-state index contributed by atoms with van der Waals surface area (Å²) in [6.45, 7) is 3.75. The molecule has 0 radical (unpaired) electrons. The molecule has 27 heavy (non-hydrogen) atoms.